The molecule has 1 saturated heterocycles. The summed E-state index contributed by atoms with van der Waals surface area (Å²) in [6.45, 7) is 5.14. The molecule has 2 aromatic rings. The summed E-state index contributed by atoms with van der Waals surface area (Å²) in [6, 6.07) is 10.6. The van der Waals surface area contributed by atoms with Crippen molar-refractivity contribution >= 4 is 27.3 Å². The summed E-state index contributed by atoms with van der Waals surface area (Å²) in [7, 11) is -3.57. The largest absolute Gasteiger partial charge is 0.331 e. The van der Waals surface area contributed by atoms with Crippen LogP contribution >= 0.6 is 11.3 Å². The first-order chi connectivity index (χ1) is 12.5. The second-order valence-corrected chi connectivity index (χ2v) is 9.21. The summed E-state index contributed by atoms with van der Waals surface area (Å²) in [5.41, 5.74) is 0.432. The van der Waals surface area contributed by atoms with Crippen molar-refractivity contribution in [2.75, 3.05) is 19.6 Å². The van der Waals surface area contributed by atoms with E-state index >= 15 is 0 Å². The quantitative estimate of drug-likeness (QED) is 0.752. The molecule has 1 atom stereocenters. The number of sulfonamides is 1. The molecule has 0 unspecified atom stereocenters. The van der Waals surface area contributed by atoms with E-state index in [0.717, 1.165) is 12.8 Å². The molecule has 1 amide bonds. The molecule has 0 saturated carbocycles. The summed E-state index contributed by atoms with van der Waals surface area (Å²) >= 11 is 1.66. The smallest absolute Gasteiger partial charge is 0.254 e. The van der Waals surface area contributed by atoms with E-state index in [2.05, 4.69) is 6.07 Å². The third-order valence-electron chi connectivity index (χ3n) is 4.81. The first kappa shape index (κ1) is 19.1. The van der Waals surface area contributed by atoms with Crippen molar-refractivity contribution < 1.29 is 13.2 Å². The molecule has 1 aliphatic rings. The van der Waals surface area contributed by atoms with E-state index < -0.39 is 10.0 Å². The van der Waals surface area contributed by atoms with Crippen molar-refractivity contribution in [1.82, 2.24) is 9.21 Å². The van der Waals surface area contributed by atoms with Gasteiger partial charge >= 0.3 is 0 Å². The second kappa shape index (κ2) is 7.90. The molecule has 0 bridgehead atoms. The average Bonchev–Trinajstić information content (AvgIpc) is 3.33. The molecular weight excluding hydrogens is 368 g/mol. The van der Waals surface area contributed by atoms with Gasteiger partial charge in [0.1, 0.15) is 0 Å². The highest BCUT2D eigenvalue weighted by atomic mass is 32.2. The molecule has 7 heteroatoms. The Bertz CT molecular complexity index is 859. The number of carbonyl (C=O) groups is 1. The molecule has 140 valence electrons. The van der Waals surface area contributed by atoms with Gasteiger partial charge in [-0.05, 0) is 42.5 Å². The number of hydrogen-bond acceptors (Lipinski definition) is 4. The van der Waals surface area contributed by atoms with E-state index in [1.807, 2.05) is 30.2 Å². The summed E-state index contributed by atoms with van der Waals surface area (Å²) in [6.07, 6.45) is 1.91. The van der Waals surface area contributed by atoms with Crippen LogP contribution in [-0.2, 0) is 10.0 Å². The topological polar surface area (TPSA) is 57.7 Å². The lowest BCUT2D eigenvalue weighted by atomic mass is 10.1. The zero-order valence-electron chi connectivity index (χ0n) is 15.1. The molecule has 1 fully saturated rings. The maximum absolute atomic E-state index is 13.1. The summed E-state index contributed by atoms with van der Waals surface area (Å²) in [5.74, 6) is -0.0995. The highest BCUT2D eigenvalue weighted by molar-refractivity contribution is 7.89. The van der Waals surface area contributed by atoms with Gasteiger partial charge in [0, 0.05) is 30.1 Å². The first-order valence-electron chi connectivity index (χ1n) is 8.93. The number of rotatable bonds is 6. The third-order valence-corrected chi connectivity index (χ3v) is 7.83. The van der Waals surface area contributed by atoms with Crippen LogP contribution in [0.4, 0.5) is 0 Å². The molecule has 0 N–H and O–H groups in total. The van der Waals surface area contributed by atoms with Crippen molar-refractivity contribution in [3.8, 4) is 0 Å². The Labute approximate surface area is 159 Å². The van der Waals surface area contributed by atoms with E-state index in [9.17, 15) is 13.2 Å². The van der Waals surface area contributed by atoms with E-state index in [1.54, 1.807) is 29.5 Å². The summed E-state index contributed by atoms with van der Waals surface area (Å²) in [4.78, 5) is 16.3. The Balaban J connectivity index is 1.89. The average molecular weight is 393 g/mol. The summed E-state index contributed by atoms with van der Waals surface area (Å²) in [5, 5.41) is 2.02. The van der Waals surface area contributed by atoms with Crippen molar-refractivity contribution in [3.63, 3.8) is 0 Å². The zero-order chi connectivity index (χ0) is 18.7. The van der Waals surface area contributed by atoms with Gasteiger partial charge < -0.3 is 4.90 Å². The highest BCUT2D eigenvalue weighted by Crippen LogP contribution is 2.35. The SMILES string of the molecule is CCN(CC)S(=O)(=O)c1cccc(C(=O)N2CCC[C@@H]2c2cccs2)c1. The maximum atomic E-state index is 13.1. The van der Waals surface area contributed by atoms with Gasteiger partial charge in [-0.2, -0.15) is 4.31 Å². The molecule has 3 rings (SSSR count). The van der Waals surface area contributed by atoms with Crippen molar-refractivity contribution in [2.45, 2.75) is 37.6 Å². The van der Waals surface area contributed by atoms with Crippen LogP contribution < -0.4 is 0 Å². The Morgan fingerprint density at radius 3 is 2.65 bits per heavy atom. The van der Waals surface area contributed by atoms with Gasteiger partial charge in [-0.3, -0.25) is 4.79 Å². The van der Waals surface area contributed by atoms with Crippen molar-refractivity contribution in [2.24, 2.45) is 0 Å². The van der Waals surface area contributed by atoms with Crippen LogP contribution in [0.2, 0.25) is 0 Å². The lowest BCUT2D eigenvalue weighted by molar-refractivity contribution is 0.0737. The van der Waals surface area contributed by atoms with Crippen LogP contribution in [0.15, 0.2) is 46.7 Å². The molecule has 26 heavy (non-hydrogen) atoms. The number of thiophene rings is 1. The monoisotopic (exact) mass is 392 g/mol. The van der Waals surface area contributed by atoms with Gasteiger partial charge in [0.15, 0.2) is 0 Å². The lowest BCUT2D eigenvalue weighted by Gasteiger charge is -2.24. The van der Waals surface area contributed by atoms with E-state index in [4.69, 9.17) is 0 Å². The van der Waals surface area contributed by atoms with Gasteiger partial charge in [0.05, 0.1) is 10.9 Å². The van der Waals surface area contributed by atoms with Crippen molar-refractivity contribution in [1.29, 1.82) is 0 Å². The van der Waals surface area contributed by atoms with Crippen LogP contribution in [0.25, 0.3) is 0 Å². The number of benzene rings is 1. The van der Waals surface area contributed by atoms with Gasteiger partial charge in [0.25, 0.3) is 5.91 Å². The van der Waals surface area contributed by atoms with Crippen LogP contribution in [0.5, 0.6) is 0 Å². The molecular formula is C19H24N2O3S2. The van der Waals surface area contributed by atoms with E-state index in [-0.39, 0.29) is 16.8 Å². The first-order valence-corrected chi connectivity index (χ1v) is 11.3. The summed E-state index contributed by atoms with van der Waals surface area (Å²) < 4.78 is 26.9. The Morgan fingerprint density at radius 2 is 2.00 bits per heavy atom. The Kier molecular flexibility index (Phi) is 5.79. The molecule has 5 nitrogen and oxygen atoms in total. The van der Waals surface area contributed by atoms with Gasteiger partial charge in [-0.15, -0.1) is 11.3 Å². The molecule has 0 spiro atoms. The van der Waals surface area contributed by atoms with E-state index in [0.29, 0.717) is 25.2 Å². The molecule has 2 heterocycles. The maximum Gasteiger partial charge on any atom is 0.254 e. The standard InChI is InChI=1S/C19H24N2O3S2/c1-3-20(4-2)26(23,24)16-9-5-8-15(14-16)19(22)21-12-6-10-17(21)18-11-7-13-25-18/h5,7-9,11,13-14,17H,3-4,6,10,12H2,1-2H3/t17-/m1/s1. The van der Waals surface area contributed by atoms with E-state index in [1.165, 1.54) is 15.2 Å². The fraction of sp³-hybridized carbons (Fsp3) is 0.421. The second-order valence-electron chi connectivity index (χ2n) is 6.29. The molecule has 1 aromatic carbocycles. The number of hydrogen-bond donors (Lipinski definition) is 0. The predicted octanol–water partition coefficient (Wildman–Crippen LogP) is 3.76. The Hall–Kier alpha value is -1.70. The number of amides is 1. The number of carbonyl (C=O) groups excluding carboxylic acids is 1. The minimum atomic E-state index is -3.57. The highest BCUT2D eigenvalue weighted by Gasteiger charge is 2.32. The van der Waals surface area contributed by atoms with Crippen LogP contribution in [0.3, 0.4) is 0 Å². The van der Waals surface area contributed by atoms with Crippen LogP contribution in [-0.4, -0.2) is 43.2 Å². The molecule has 1 aromatic heterocycles. The fourth-order valence-electron chi connectivity index (χ4n) is 3.45. The molecule has 1 aliphatic heterocycles. The van der Waals surface area contributed by atoms with Crippen LogP contribution in [0, 0.1) is 0 Å². The number of nitrogens with zero attached hydrogens (tertiary/aromatic N) is 2. The Morgan fingerprint density at radius 1 is 1.23 bits per heavy atom. The zero-order valence-corrected chi connectivity index (χ0v) is 16.7. The predicted molar refractivity (Wildman–Crippen MR) is 104 cm³/mol. The number of likely N-dealkylation sites (tertiary alicyclic amines) is 1. The molecule has 0 radical (unpaired) electrons. The minimum Gasteiger partial charge on any atom is -0.331 e. The van der Waals surface area contributed by atoms with Crippen molar-refractivity contribution in [3.05, 3.63) is 52.2 Å². The van der Waals surface area contributed by atoms with Gasteiger partial charge in [-0.25, -0.2) is 8.42 Å². The van der Waals surface area contributed by atoms with Gasteiger partial charge in [0.2, 0.25) is 10.0 Å². The third kappa shape index (κ3) is 3.56. The van der Waals surface area contributed by atoms with Crippen LogP contribution in [0.1, 0.15) is 48.0 Å². The fourth-order valence-corrected chi connectivity index (χ4v) is 5.83. The minimum absolute atomic E-state index is 0.0885. The lowest BCUT2D eigenvalue weighted by Crippen LogP contribution is -2.32. The van der Waals surface area contributed by atoms with Gasteiger partial charge in [-0.1, -0.05) is 26.0 Å². The molecule has 0 aliphatic carbocycles. The normalized spacial score (nSPS) is 17.8.